The second-order valence-corrected chi connectivity index (χ2v) is 7.06. The summed E-state index contributed by atoms with van der Waals surface area (Å²) in [4.78, 5) is 16.9. The SMILES string of the molecule is COc1ccc(OCCCCn2c(CNC(=O)c3ccco3)nc3ccccc32)cc1. The summed E-state index contributed by atoms with van der Waals surface area (Å²) in [6, 6.07) is 18.9. The maximum atomic E-state index is 12.2. The van der Waals surface area contributed by atoms with E-state index >= 15 is 0 Å². The molecule has 0 saturated heterocycles. The molecule has 0 atom stereocenters. The number of carbonyl (C=O) groups is 1. The van der Waals surface area contributed by atoms with Gasteiger partial charge in [0.2, 0.25) is 0 Å². The van der Waals surface area contributed by atoms with Gasteiger partial charge in [-0.05, 0) is 61.4 Å². The molecule has 31 heavy (non-hydrogen) atoms. The van der Waals surface area contributed by atoms with Gasteiger partial charge in [0.15, 0.2) is 5.76 Å². The van der Waals surface area contributed by atoms with E-state index in [0.29, 0.717) is 18.9 Å². The molecule has 7 nitrogen and oxygen atoms in total. The Morgan fingerprint density at radius 1 is 1.03 bits per heavy atom. The number of benzene rings is 2. The second-order valence-electron chi connectivity index (χ2n) is 7.06. The number of unbranched alkanes of at least 4 members (excludes halogenated alkanes) is 1. The van der Waals surface area contributed by atoms with Crippen molar-refractivity contribution in [1.29, 1.82) is 0 Å². The number of methoxy groups -OCH3 is 1. The van der Waals surface area contributed by atoms with E-state index in [0.717, 1.165) is 47.7 Å². The van der Waals surface area contributed by atoms with Gasteiger partial charge in [-0.3, -0.25) is 4.79 Å². The van der Waals surface area contributed by atoms with Crippen LogP contribution in [-0.2, 0) is 13.1 Å². The Balaban J connectivity index is 1.34. The number of aromatic nitrogens is 2. The summed E-state index contributed by atoms with van der Waals surface area (Å²) < 4.78 is 18.3. The van der Waals surface area contributed by atoms with Gasteiger partial charge in [0.1, 0.15) is 17.3 Å². The van der Waals surface area contributed by atoms with E-state index in [1.807, 2.05) is 48.5 Å². The van der Waals surface area contributed by atoms with Crippen molar-refractivity contribution in [3.63, 3.8) is 0 Å². The lowest BCUT2D eigenvalue weighted by atomic mass is 10.3. The highest BCUT2D eigenvalue weighted by atomic mass is 16.5. The Morgan fingerprint density at radius 2 is 1.84 bits per heavy atom. The van der Waals surface area contributed by atoms with E-state index < -0.39 is 0 Å². The number of hydrogen-bond acceptors (Lipinski definition) is 5. The van der Waals surface area contributed by atoms with E-state index in [4.69, 9.17) is 18.9 Å². The fourth-order valence-corrected chi connectivity index (χ4v) is 3.40. The number of nitrogens with one attached hydrogen (secondary N) is 1. The molecular formula is C24H25N3O4. The van der Waals surface area contributed by atoms with Crippen LogP contribution >= 0.6 is 0 Å². The first-order valence-electron chi connectivity index (χ1n) is 10.3. The quantitative estimate of drug-likeness (QED) is 0.385. The van der Waals surface area contributed by atoms with Gasteiger partial charge in [-0.1, -0.05) is 12.1 Å². The van der Waals surface area contributed by atoms with Crippen molar-refractivity contribution in [1.82, 2.24) is 14.9 Å². The third-order valence-corrected chi connectivity index (χ3v) is 4.99. The largest absolute Gasteiger partial charge is 0.497 e. The summed E-state index contributed by atoms with van der Waals surface area (Å²) >= 11 is 0. The van der Waals surface area contributed by atoms with Crippen molar-refractivity contribution >= 4 is 16.9 Å². The van der Waals surface area contributed by atoms with Crippen molar-refractivity contribution in [2.24, 2.45) is 0 Å². The predicted molar refractivity (Wildman–Crippen MR) is 117 cm³/mol. The maximum Gasteiger partial charge on any atom is 0.287 e. The zero-order valence-electron chi connectivity index (χ0n) is 17.4. The number of aryl methyl sites for hydroxylation is 1. The van der Waals surface area contributed by atoms with Gasteiger partial charge in [-0.15, -0.1) is 0 Å². The van der Waals surface area contributed by atoms with Gasteiger partial charge in [0.05, 0.1) is 37.6 Å². The number of nitrogens with zero attached hydrogens (tertiary/aromatic N) is 2. The van der Waals surface area contributed by atoms with Crippen LogP contribution < -0.4 is 14.8 Å². The summed E-state index contributed by atoms with van der Waals surface area (Å²) in [5.41, 5.74) is 1.97. The monoisotopic (exact) mass is 419 g/mol. The van der Waals surface area contributed by atoms with Crippen LogP contribution in [0.5, 0.6) is 11.5 Å². The molecule has 0 saturated carbocycles. The average molecular weight is 419 g/mol. The number of amides is 1. The van der Waals surface area contributed by atoms with Gasteiger partial charge in [0.25, 0.3) is 5.91 Å². The van der Waals surface area contributed by atoms with E-state index in [-0.39, 0.29) is 5.91 Å². The number of ether oxygens (including phenoxy) is 2. The van der Waals surface area contributed by atoms with Crippen LogP contribution in [0, 0.1) is 0 Å². The Morgan fingerprint density at radius 3 is 2.61 bits per heavy atom. The predicted octanol–water partition coefficient (Wildman–Crippen LogP) is 4.43. The molecule has 7 heteroatoms. The Labute approximate surface area is 180 Å². The maximum absolute atomic E-state index is 12.2. The fraction of sp³-hybridized carbons (Fsp3) is 0.250. The highest BCUT2D eigenvalue weighted by Gasteiger charge is 2.13. The molecule has 0 aliphatic heterocycles. The minimum Gasteiger partial charge on any atom is -0.497 e. The van der Waals surface area contributed by atoms with Gasteiger partial charge >= 0.3 is 0 Å². The van der Waals surface area contributed by atoms with Crippen LogP contribution in [0.25, 0.3) is 11.0 Å². The normalized spacial score (nSPS) is 10.9. The number of imidazole rings is 1. The topological polar surface area (TPSA) is 78.5 Å². The molecule has 4 rings (SSSR count). The number of fused-ring (bicyclic) bond motifs is 1. The first kappa shape index (κ1) is 20.5. The van der Waals surface area contributed by atoms with Gasteiger partial charge in [-0.2, -0.15) is 0 Å². The van der Waals surface area contributed by atoms with Crippen molar-refractivity contribution in [2.75, 3.05) is 13.7 Å². The lowest BCUT2D eigenvalue weighted by Crippen LogP contribution is -2.24. The molecular weight excluding hydrogens is 394 g/mol. The number of rotatable bonds is 10. The molecule has 0 bridgehead atoms. The standard InChI is InChI=1S/C24H25N3O4/c1-29-18-10-12-19(13-11-18)30-15-5-4-14-27-21-8-3-2-7-20(21)26-23(27)17-25-24(28)22-9-6-16-31-22/h2-3,6-13,16H,4-5,14-15,17H2,1H3,(H,25,28). The lowest BCUT2D eigenvalue weighted by molar-refractivity contribution is 0.0921. The zero-order valence-corrected chi connectivity index (χ0v) is 17.4. The first-order chi connectivity index (χ1) is 15.2. The van der Waals surface area contributed by atoms with E-state index in [9.17, 15) is 4.79 Å². The molecule has 0 radical (unpaired) electrons. The lowest BCUT2D eigenvalue weighted by Gasteiger charge is -2.11. The number of hydrogen-bond donors (Lipinski definition) is 1. The van der Waals surface area contributed by atoms with Crippen LogP contribution in [0.3, 0.4) is 0 Å². The molecule has 0 fully saturated rings. The molecule has 0 spiro atoms. The molecule has 2 heterocycles. The summed E-state index contributed by atoms with van der Waals surface area (Å²) in [5, 5.41) is 2.88. The van der Waals surface area contributed by atoms with Crippen molar-refractivity contribution in [2.45, 2.75) is 25.9 Å². The third-order valence-electron chi connectivity index (χ3n) is 4.99. The van der Waals surface area contributed by atoms with Crippen LogP contribution in [-0.4, -0.2) is 29.2 Å². The molecule has 2 aromatic heterocycles. The minimum atomic E-state index is -0.253. The molecule has 0 aliphatic rings. The van der Waals surface area contributed by atoms with Gasteiger partial charge in [0, 0.05) is 6.54 Å². The Bertz CT molecular complexity index is 1120. The highest BCUT2D eigenvalue weighted by molar-refractivity contribution is 5.91. The third kappa shape index (κ3) is 5.06. The molecule has 160 valence electrons. The fourth-order valence-electron chi connectivity index (χ4n) is 3.40. The van der Waals surface area contributed by atoms with Crippen LogP contribution in [0.2, 0.25) is 0 Å². The van der Waals surface area contributed by atoms with Crippen molar-refractivity contribution in [3.05, 3.63) is 78.5 Å². The highest BCUT2D eigenvalue weighted by Crippen LogP contribution is 2.19. The first-order valence-corrected chi connectivity index (χ1v) is 10.3. The molecule has 1 amide bonds. The van der Waals surface area contributed by atoms with Crippen LogP contribution in [0.1, 0.15) is 29.2 Å². The molecule has 0 aliphatic carbocycles. The van der Waals surface area contributed by atoms with Crippen LogP contribution in [0.15, 0.2) is 71.3 Å². The van der Waals surface area contributed by atoms with Gasteiger partial charge in [-0.25, -0.2) is 4.98 Å². The van der Waals surface area contributed by atoms with E-state index in [1.165, 1.54) is 6.26 Å². The minimum absolute atomic E-state index is 0.253. The summed E-state index contributed by atoms with van der Waals surface area (Å²) in [6.07, 6.45) is 3.31. The molecule has 0 unspecified atom stereocenters. The van der Waals surface area contributed by atoms with Crippen LogP contribution in [0.4, 0.5) is 0 Å². The summed E-state index contributed by atoms with van der Waals surface area (Å²) in [5.74, 6) is 2.49. The van der Waals surface area contributed by atoms with E-state index in [1.54, 1.807) is 19.2 Å². The summed E-state index contributed by atoms with van der Waals surface area (Å²) in [6.45, 7) is 1.75. The van der Waals surface area contributed by atoms with Crippen molar-refractivity contribution in [3.8, 4) is 11.5 Å². The van der Waals surface area contributed by atoms with E-state index in [2.05, 4.69) is 9.88 Å². The zero-order chi connectivity index (χ0) is 21.5. The number of carbonyl (C=O) groups excluding carboxylic acids is 1. The number of para-hydroxylation sites is 2. The molecule has 1 N–H and O–H groups in total. The average Bonchev–Trinajstić information content (AvgIpc) is 3.46. The number of furan rings is 1. The summed E-state index contributed by atoms with van der Waals surface area (Å²) in [7, 11) is 1.65. The van der Waals surface area contributed by atoms with Crippen molar-refractivity contribution < 1.29 is 18.7 Å². The Hall–Kier alpha value is -3.74. The second kappa shape index (κ2) is 9.84. The Kier molecular flexibility index (Phi) is 6.52. The molecule has 2 aromatic carbocycles. The molecule has 4 aromatic rings. The van der Waals surface area contributed by atoms with Gasteiger partial charge < -0.3 is 23.8 Å². The smallest absolute Gasteiger partial charge is 0.287 e.